The number of rotatable bonds is 4. The minimum atomic E-state index is -0.353. The summed E-state index contributed by atoms with van der Waals surface area (Å²) in [7, 11) is 1.54. The summed E-state index contributed by atoms with van der Waals surface area (Å²) in [4.78, 5) is 25.6. The van der Waals surface area contributed by atoms with Crippen LogP contribution in [0.1, 0.15) is 21.7 Å². The van der Waals surface area contributed by atoms with Crippen LogP contribution in [0.3, 0.4) is 0 Å². The number of carbonyl (C=O) groups excluding carboxylic acids is 2. The van der Waals surface area contributed by atoms with Crippen LogP contribution in [0.2, 0.25) is 0 Å². The maximum atomic E-state index is 12.3. The number of carbonyl (C=O) groups is 2. The molecule has 2 aromatic rings. The van der Waals surface area contributed by atoms with Gasteiger partial charge in [0.15, 0.2) is 5.69 Å². The maximum Gasteiger partial charge on any atom is 0.275 e. The first-order valence-corrected chi connectivity index (χ1v) is 7.54. The number of terminal acetylenes is 1. The number of hydrogen-bond acceptors (Lipinski definition) is 3. The monoisotopic (exact) mass is 374 g/mol. The lowest BCUT2D eigenvalue weighted by Crippen LogP contribution is -2.35. The van der Waals surface area contributed by atoms with Crippen LogP contribution in [-0.4, -0.2) is 40.5 Å². The Morgan fingerprint density at radius 2 is 2.22 bits per heavy atom. The van der Waals surface area contributed by atoms with Gasteiger partial charge in [0.2, 0.25) is 5.91 Å². The molecule has 0 saturated heterocycles. The Bertz CT molecular complexity index is 792. The summed E-state index contributed by atoms with van der Waals surface area (Å²) < 4.78 is 0.594. The van der Waals surface area contributed by atoms with Crippen molar-refractivity contribution in [2.75, 3.05) is 18.9 Å². The minimum absolute atomic E-state index is 0.0997. The van der Waals surface area contributed by atoms with Crippen LogP contribution in [0.5, 0.6) is 0 Å². The third-order valence-corrected chi connectivity index (χ3v) is 4.09. The molecule has 0 unspecified atom stereocenters. The van der Waals surface area contributed by atoms with Crippen LogP contribution >= 0.6 is 15.9 Å². The van der Waals surface area contributed by atoms with Crippen molar-refractivity contribution in [3.05, 3.63) is 45.7 Å². The van der Waals surface area contributed by atoms with Crippen LogP contribution < -0.4 is 5.32 Å². The van der Waals surface area contributed by atoms with Gasteiger partial charge in [-0.25, -0.2) is 0 Å². The fraction of sp³-hybridized carbons (Fsp3) is 0.188. The molecule has 0 bridgehead atoms. The molecular weight excluding hydrogens is 360 g/mol. The summed E-state index contributed by atoms with van der Waals surface area (Å²) in [6.45, 7) is 1.69. The highest BCUT2D eigenvalue weighted by Gasteiger charge is 2.21. The summed E-state index contributed by atoms with van der Waals surface area (Å²) in [5, 5.41) is 9.35. The van der Waals surface area contributed by atoms with Gasteiger partial charge in [-0.3, -0.25) is 14.7 Å². The average Bonchev–Trinajstić information content (AvgIpc) is 2.86. The van der Waals surface area contributed by atoms with E-state index in [0.717, 1.165) is 5.69 Å². The number of benzene rings is 1. The molecule has 1 aromatic heterocycles. The van der Waals surface area contributed by atoms with E-state index in [1.165, 1.54) is 11.9 Å². The van der Waals surface area contributed by atoms with Crippen molar-refractivity contribution >= 4 is 33.4 Å². The van der Waals surface area contributed by atoms with Crippen molar-refractivity contribution in [1.29, 1.82) is 0 Å². The number of nitrogens with one attached hydrogen (secondary N) is 2. The topological polar surface area (TPSA) is 78.1 Å². The van der Waals surface area contributed by atoms with Gasteiger partial charge in [0.1, 0.15) is 0 Å². The van der Waals surface area contributed by atoms with Crippen molar-refractivity contribution in [3.63, 3.8) is 0 Å². The first kappa shape index (κ1) is 16.8. The Morgan fingerprint density at radius 3 is 2.83 bits per heavy atom. The van der Waals surface area contributed by atoms with E-state index in [4.69, 9.17) is 6.42 Å². The van der Waals surface area contributed by atoms with Gasteiger partial charge in [-0.05, 0) is 41.1 Å². The number of aryl methyl sites for hydroxylation is 1. The molecule has 2 N–H and O–H groups in total. The Labute approximate surface area is 142 Å². The molecule has 2 rings (SSSR count). The van der Waals surface area contributed by atoms with Gasteiger partial charge in [-0.1, -0.05) is 12.0 Å². The SMILES string of the molecule is C#Cc1cccc(NC(=O)CN(C)C(=O)c2n[nH]c(C)c2Br)c1. The zero-order valence-electron chi connectivity index (χ0n) is 12.7. The Balaban J connectivity index is 2.00. The standard InChI is InChI=1S/C16H15BrN4O2/c1-4-11-6-5-7-12(8-11)18-13(22)9-21(3)16(23)15-14(17)10(2)19-20-15/h1,5-8H,9H2,2-3H3,(H,18,22)(H,19,20). The lowest BCUT2D eigenvalue weighted by molar-refractivity contribution is -0.116. The third kappa shape index (κ3) is 3.99. The molecular formula is C16H15BrN4O2. The van der Waals surface area contributed by atoms with E-state index in [-0.39, 0.29) is 24.1 Å². The smallest absolute Gasteiger partial charge is 0.275 e. The molecule has 0 atom stereocenters. The van der Waals surface area contributed by atoms with E-state index >= 15 is 0 Å². The Hall–Kier alpha value is -2.59. The van der Waals surface area contributed by atoms with Crippen molar-refractivity contribution in [1.82, 2.24) is 15.1 Å². The van der Waals surface area contributed by atoms with Crippen molar-refractivity contribution in [3.8, 4) is 12.3 Å². The van der Waals surface area contributed by atoms with E-state index in [9.17, 15) is 9.59 Å². The Morgan fingerprint density at radius 1 is 1.48 bits per heavy atom. The van der Waals surface area contributed by atoms with Crippen LogP contribution in [0.25, 0.3) is 0 Å². The molecule has 0 aliphatic rings. The van der Waals surface area contributed by atoms with Gasteiger partial charge in [0.05, 0.1) is 11.0 Å². The molecule has 7 heteroatoms. The summed E-state index contributed by atoms with van der Waals surface area (Å²) in [6.07, 6.45) is 5.32. The number of H-pyrrole nitrogens is 1. The van der Waals surface area contributed by atoms with Crippen LogP contribution in [0.4, 0.5) is 5.69 Å². The number of aromatic nitrogens is 2. The highest BCUT2D eigenvalue weighted by molar-refractivity contribution is 9.10. The normalized spacial score (nSPS) is 10.0. The second kappa shape index (κ2) is 7.11. The third-order valence-electron chi connectivity index (χ3n) is 3.12. The van der Waals surface area contributed by atoms with Crippen molar-refractivity contribution in [2.45, 2.75) is 6.92 Å². The molecule has 1 aromatic carbocycles. The number of aromatic amines is 1. The van der Waals surface area contributed by atoms with Gasteiger partial charge in [0.25, 0.3) is 5.91 Å². The zero-order chi connectivity index (χ0) is 17.0. The number of anilines is 1. The Kier molecular flexibility index (Phi) is 5.19. The first-order chi connectivity index (χ1) is 10.9. The largest absolute Gasteiger partial charge is 0.331 e. The molecule has 0 spiro atoms. The minimum Gasteiger partial charge on any atom is -0.331 e. The second-order valence-electron chi connectivity index (χ2n) is 4.95. The average molecular weight is 375 g/mol. The van der Waals surface area contributed by atoms with E-state index < -0.39 is 0 Å². The molecule has 118 valence electrons. The van der Waals surface area contributed by atoms with E-state index in [1.54, 1.807) is 31.2 Å². The van der Waals surface area contributed by atoms with Crippen LogP contribution in [-0.2, 0) is 4.79 Å². The lowest BCUT2D eigenvalue weighted by atomic mass is 10.2. The number of halogens is 1. The quantitative estimate of drug-likeness (QED) is 0.805. The fourth-order valence-electron chi connectivity index (χ4n) is 1.91. The van der Waals surface area contributed by atoms with Gasteiger partial charge >= 0.3 is 0 Å². The van der Waals surface area contributed by atoms with E-state index in [1.807, 2.05) is 0 Å². The van der Waals surface area contributed by atoms with Crippen molar-refractivity contribution in [2.24, 2.45) is 0 Å². The summed E-state index contributed by atoms with van der Waals surface area (Å²) in [5.41, 5.74) is 2.25. The molecule has 2 amide bonds. The number of likely N-dealkylation sites (N-methyl/N-ethyl adjacent to an activating group) is 1. The van der Waals surface area contributed by atoms with E-state index in [0.29, 0.717) is 15.7 Å². The zero-order valence-corrected chi connectivity index (χ0v) is 14.3. The second-order valence-corrected chi connectivity index (χ2v) is 5.74. The summed E-state index contributed by atoms with van der Waals surface area (Å²) in [5.74, 6) is 1.82. The van der Waals surface area contributed by atoms with Crippen LogP contribution in [0.15, 0.2) is 28.7 Å². The summed E-state index contributed by atoms with van der Waals surface area (Å²) in [6, 6.07) is 6.94. The fourth-order valence-corrected chi connectivity index (χ4v) is 2.26. The highest BCUT2D eigenvalue weighted by Crippen LogP contribution is 2.19. The number of nitrogens with zero attached hydrogens (tertiary/aromatic N) is 2. The van der Waals surface area contributed by atoms with Gasteiger partial charge in [-0.15, -0.1) is 6.42 Å². The number of hydrogen-bond donors (Lipinski definition) is 2. The van der Waals surface area contributed by atoms with Crippen molar-refractivity contribution < 1.29 is 9.59 Å². The van der Waals surface area contributed by atoms with Gasteiger partial charge in [0, 0.05) is 24.0 Å². The number of amides is 2. The van der Waals surface area contributed by atoms with Gasteiger partial charge < -0.3 is 10.2 Å². The molecule has 0 radical (unpaired) electrons. The molecule has 6 nitrogen and oxygen atoms in total. The first-order valence-electron chi connectivity index (χ1n) is 6.75. The van der Waals surface area contributed by atoms with Gasteiger partial charge in [-0.2, -0.15) is 5.10 Å². The molecule has 1 heterocycles. The molecule has 0 aliphatic carbocycles. The highest BCUT2D eigenvalue weighted by atomic mass is 79.9. The van der Waals surface area contributed by atoms with Crippen LogP contribution in [0, 0.1) is 19.3 Å². The van der Waals surface area contributed by atoms with E-state index in [2.05, 4.69) is 37.4 Å². The lowest BCUT2D eigenvalue weighted by Gasteiger charge is -2.16. The predicted octanol–water partition coefficient (Wildman–Crippen LogP) is 2.17. The molecule has 0 saturated carbocycles. The molecule has 23 heavy (non-hydrogen) atoms. The molecule has 0 fully saturated rings. The predicted molar refractivity (Wildman–Crippen MR) is 91.0 cm³/mol. The molecule has 0 aliphatic heterocycles. The summed E-state index contributed by atoms with van der Waals surface area (Å²) >= 11 is 3.29. The maximum absolute atomic E-state index is 12.3.